The summed E-state index contributed by atoms with van der Waals surface area (Å²) in [4.78, 5) is 25.5. The van der Waals surface area contributed by atoms with E-state index in [2.05, 4.69) is 5.32 Å². The normalized spacial score (nSPS) is 19.3. The first-order valence-corrected chi connectivity index (χ1v) is 6.09. The van der Waals surface area contributed by atoms with Gasteiger partial charge in [-0.2, -0.15) is 0 Å². The summed E-state index contributed by atoms with van der Waals surface area (Å²) in [5.74, 6) is -0.0796. The maximum absolute atomic E-state index is 12.1. The smallest absolute Gasteiger partial charge is 0.240 e. The first-order chi connectivity index (χ1) is 8.46. The van der Waals surface area contributed by atoms with Gasteiger partial charge in [0.2, 0.25) is 11.8 Å². The number of benzene rings is 1. The molecule has 4 nitrogen and oxygen atoms in total. The third-order valence-electron chi connectivity index (χ3n) is 2.97. The van der Waals surface area contributed by atoms with Crippen molar-refractivity contribution in [1.82, 2.24) is 10.2 Å². The number of amides is 2. The van der Waals surface area contributed by atoms with Gasteiger partial charge in [0.05, 0.1) is 6.54 Å². The summed E-state index contributed by atoms with van der Waals surface area (Å²) in [6.45, 7) is 4.37. The molecule has 0 aromatic heterocycles. The predicted octanol–water partition coefficient (Wildman–Crippen LogP) is 1.31. The van der Waals surface area contributed by atoms with Crippen LogP contribution < -0.4 is 5.32 Å². The van der Waals surface area contributed by atoms with Gasteiger partial charge in [-0.15, -0.1) is 0 Å². The number of nitrogens with one attached hydrogen (secondary N) is 1. The Bertz CT molecular complexity index is 454. The summed E-state index contributed by atoms with van der Waals surface area (Å²) < 4.78 is 0. The van der Waals surface area contributed by atoms with E-state index in [1.807, 2.05) is 44.2 Å². The molecule has 1 saturated heterocycles. The summed E-state index contributed by atoms with van der Waals surface area (Å²) in [7, 11) is 0. The van der Waals surface area contributed by atoms with Gasteiger partial charge in [-0.3, -0.25) is 9.59 Å². The van der Waals surface area contributed by atoms with Crippen molar-refractivity contribution in [3.8, 4) is 0 Å². The van der Waals surface area contributed by atoms with Gasteiger partial charge in [-0.25, -0.2) is 0 Å². The van der Waals surface area contributed by atoms with E-state index in [4.69, 9.17) is 0 Å². The molecule has 1 heterocycles. The Morgan fingerprint density at radius 2 is 1.89 bits per heavy atom. The van der Waals surface area contributed by atoms with Crippen LogP contribution in [-0.4, -0.2) is 28.8 Å². The number of hydrogen-bond donors (Lipinski definition) is 1. The number of nitrogens with zero attached hydrogens (tertiary/aromatic N) is 1. The predicted molar refractivity (Wildman–Crippen MR) is 68.7 cm³/mol. The quantitative estimate of drug-likeness (QED) is 0.855. The van der Waals surface area contributed by atoms with Crippen molar-refractivity contribution >= 4 is 11.8 Å². The van der Waals surface area contributed by atoms with Crippen molar-refractivity contribution in [1.29, 1.82) is 0 Å². The lowest BCUT2D eigenvalue weighted by Crippen LogP contribution is -2.43. The molecule has 0 bridgehead atoms. The molecule has 18 heavy (non-hydrogen) atoms. The van der Waals surface area contributed by atoms with Gasteiger partial charge < -0.3 is 10.2 Å². The van der Waals surface area contributed by atoms with Gasteiger partial charge in [0.1, 0.15) is 0 Å². The Kier molecular flexibility index (Phi) is 3.36. The second-order valence-corrected chi connectivity index (χ2v) is 5.34. The number of carbonyl (C=O) groups excluding carboxylic acids is 2. The molecule has 1 aromatic rings. The molecule has 4 heteroatoms. The monoisotopic (exact) mass is 246 g/mol. The first-order valence-electron chi connectivity index (χ1n) is 6.09. The van der Waals surface area contributed by atoms with E-state index in [1.165, 1.54) is 0 Å². The molecule has 2 rings (SSSR count). The highest BCUT2D eigenvalue weighted by Crippen LogP contribution is 2.16. The Balaban J connectivity index is 2.13. The van der Waals surface area contributed by atoms with Crippen molar-refractivity contribution in [3.05, 3.63) is 35.9 Å². The minimum absolute atomic E-state index is 0.0159. The fourth-order valence-electron chi connectivity index (χ4n) is 2.16. The molecule has 1 aromatic carbocycles. The number of hydrogen-bond acceptors (Lipinski definition) is 2. The summed E-state index contributed by atoms with van der Waals surface area (Å²) in [6, 6.07) is 9.72. The third kappa shape index (κ3) is 3.09. The second kappa shape index (κ2) is 4.80. The van der Waals surface area contributed by atoms with Crippen LogP contribution in [-0.2, 0) is 16.1 Å². The zero-order valence-electron chi connectivity index (χ0n) is 10.8. The lowest BCUT2D eigenvalue weighted by Gasteiger charge is -2.22. The molecule has 0 radical (unpaired) electrons. The first kappa shape index (κ1) is 12.6. The van der Waals surface area contributed by atoms with E-state index < -0.39 is 5.54 Å². The van der Waals surface area contributed by atoms with E-state index in [1.54, 1.807) is 4.90 Å². The summed E-state index contributed by atoms with van der Waals surface area (Å²) in [6.07, 6.45) is 0.339. The standard InChI is InChI=1S/C14H18N2O2/c1-14(2)8-13(18)16(10-12(17)15-14)9-11-6-4-3-5-7-11/h3-7H,8-10H2,1-2H3,(H,15,17). The molecule has 0 atom stereocenters. The topological polar surface area (TPSA) is 49.4 Å². The van der Waals surface area contributed by atoms with Gasteiger partial charge in [-0.1, -0.05) is 30.3 Å². The summed E-state index contributed by atoms with van der Waals surface area (Å²) in [5, 5.41) is 2.86. The molecule has 1 aliphatic rings. The van der Waals surface area contributed by atoms with Crippen LogP contribution in [0.5, 0.6) is 0 Å². The minimum Gasteiger partial charge on any atom is -0.349 e. The zero-order valence-corrected chi connectivity index (χ0v) is 10.8. The van der Waals surface area contributed by atoms with E-state index in [0.29, 0.717) is 13.0 Å². The molecule has 1 N–H and O–H groups in total. The Morgan fingerprint density at radius 1 is 1.22 bits per heavy atom. The summed E-state index contributed by atoms with van der Waals surface area (Å²) in [5.41, 5.74) is 0.581. The van der Waals surface area contributed by atoms with E-state index in [-0.39, 0.29) is 18.4 Å². The molecule has 0 saturated carbocycles. The van der Waals surface area contributed by atoms with Crippen LogP contribution in [0.3, 0.4) is 0 Å². The molecule has 0 aliphatic carbocycles. The molecule has 0 spiro atoms. The molecular weight excluding hydrogens is 228 g/mol. The Morgan fingerprint density at radius 3 is 2.56 bits per heavy atom. The van der Waals surface area contributed by atoms with Gasteiger partial charge in [0.25, 0.3) is 0 Å². The van der Waals surface area contributed by atoms with Gasteiger partial charge in [0, 0.05) is 18.5 Å². The fourth-order valence-corrected chi connectivity index (χ4v) is 2.16. The zero-order chi connectivity index (χ0) is 13.2. The van der Waals surface area contributed by atoms with Gasteiger partial charge >= 0.3 is 0 Å². The maximum atomic E-state index is 12.1. The van der Waals surface area contributed by atoms with Crippen LogP contribution in [0.4, 0.5) is 0 Å². The van der Waals surface area contributed by atoms with Crippen LogP contribution in [0.1, 0.15) is 25.8 Å². The molecule has 0 unspecified atom stereocenters. The Hall–Kier alpha value is -1.84. The van der Waals surface area contributed by atoms with Crippen molar-refractivity contribution in [2.75, 3.05) is 6.54 Å². The van der Waals surface area contributed by atoms with E-state index in [9.17, 15) is 9.59 Å². The van der Waals surface area contributed by atoms with Crippen LogP contribution in [0.25, 0.3) is 0 Å². The van der Waals surface area contributed by atoms with E-state index in [0.717, 1.165) is 5.56 Å². The molecular formula is C14H18N2O2. The molecule has 96 valence electrons. The van der Waals surface area contributed by atoms with Crippen molar-refractivity contribution in [3.63, 3.8) is 0 Å². The Labute approximate surface area is 107 Å². The largest absolute Gasteiger partial charge is 0.349 e. The van der Waals surface area contributed by atoms with Crippen LogP contribution in [0, 0.1) is 0 Å². The maximum Gasteiger partial charge on any atom is 0.240 e. The highest BCUT2D eigenvalue weighted by atomic mass is 16.2. The van der Waals surface area contributed by atoms with Gasteiger partial charge in [-0.05, 0) is 19.4 Å². The van der Waals surface area contributed by atoms with Crippen LogP contribution in [0.15, 0.2) is 30.3 Å². The highest BCUT2D eigenvalue weighted by Gasteiger charge is 2.32. The number of rotatable bonds is 2. The van der Waals surface area contributed by atoms with Crippen molar-refractivity contribution < 1.29 is 9.59 Å². The van der Waals surface area contributed by atoms with Crippen molar-refractivity contribution in [2.24, 2.45) is 0 Å². The molecule has 1 aliphatic heterocycles. The highest BCUT2D eigenvalue weighted by molar-refractivity contribution is 5.88. The summed E-state index contributed by atoms with van der Waals surface area (Å²) >= 11 is 0. The lowest BCUT2D eigenvalue weighted by atomic mass is 10.0. The van der Waals surface area contributed by atoms with Crippen LogP contribution in [0.2, 0.25) is 0 Å². The van der Waals surface area contributed by atoms with Gasteiger partial charge in [0.15, 0.2) is 0 Å². The van der Waals surface area contributed by atoms with Crippen LogP contribution >= 0.6 is 0 Å². The SMILES string of the molecule is CC1(C)CC(=O)N(Cc2ccccc2)CC(=O)N1. The van der Waals surface area contributed by atoms with Crippen molar-refractivity contribution in [2.45, 2.75) is 32.4 Å². The average Bonchev–Trinajstić information content (AvgIpc) is 2.36. The molecule has 1 fully saturated rings. The van der Waals surface area contributed by atoms with E-state index >= 15 is 0 Å². The molecule has 2 amide bonds. The fraction of sp³-hybridized carbons (Fsp3) is 0.429. The average molecular weight is 246 g/mol. The lowest BCUT2D eigenvalue weighted by molar-refractivity contribution is -0.134. The number of carbonyl (C=O) groups is 2. The second-order valence-electron chi connectivity index (χ2n) is 5.34. The minimum atomic E-state index is -0.459. The third-order valence-corrected chi connectivity index (χ3v) is 2.97.